The summed E-state index contributed by atoms with van der Waals surface area (Å²) in [5.41, 5.74) is 1.88. The summed E-state index contributed by atoms with van der Waals surface area (Å²) in [6, 6.07) is 5.44. The molecular formula is C14H16N2O2S. The normalized spacial score (nSPS) is 12.1. The number of aromatic carboxylic acids is 1. The van der Waals surface area contributed by atoms with Gasteiger partial charge in [0.05, 0.1) is 11.6 Å². The first-order chi connectivity index (χ1) is 9.11. The molecular weight excluding hydrogens is 260 g/mol. The Kier molecular flexibility index (Phi) is 4.16. The van der Waals surface area contributed by atoms with Crippen molar-refractivity contribution in [3.63, 3.8) is 0 Å². The fourth-order valence-corrected chi connectivity index (χ4v) is 2.67. The molecule has 0 spiro atoms. The molecule has 0 bridgehead atoms. The van der Waals surface area contributed by atoms with E-state index in [-0.39, 0.29) is 6.04 Å². The van der Waals surface area contributed by atoms with Crippen LogP contribution in [0, 0.1) is 6.92 Å². The lowest BCUT2D eigenvalue weighted by molar-refractivity contribution is 0.0698. The van der Waals surface area contributed by atoms with Crippen LogP contribution in [0.1, 0.15) is 40.3 Å². The Balaban J connectivity index is 2.29. The van der Waals surface area contributed by atoms with E-state index in [1.807, 2.05) is 31.4 Å². The van der Waals surface area contributed by atoms with E-state index in [9.17, 15) is 9.90 Å². The Morgan fingerprint density at radius 3 is 2.89 bits per heavy atom. The van der Waals surface area contributed by atoms with Crippen molar-refractivity contribution in [1.29, 1.82) is 0 Å². The molecule has 2 rings (SSSR count). The van der Waals surface area contributed by atoms with Crippen LogP contribution in [0.5, 0.6) is 0 Å². The van der Waals surface area contributed by atoms with Crippen LogP contribution in [0.2, 0.25) is 0 Å². The number of carboxylic acids is 1. The lowest BCUT2D eigenvalue weighted by Gasteiger charge is -2.17. The number of hydrogen-bond acceptors (Lipinski definition) is 4. The third-order valence-corrected chi connectivity index (χ3v) is 3.78. The minimum atomic E-state index is -0.916. The van der Waals surface area contributed by atoms with E-state index in [1.54, 1.807) is 23.6 Å². The van der Waals surface area contributed by atoms with E-state index in [4.69, 9.17) is 0 Å². The SMILES string of the molecule is CCC(Nc1ccc(C)cc1C(=O)O)c1nccs1. The number of carboxylic acid groups (broad SMARTS) is 1. The summed E-state index contributed by atoms with van der Waals surface area (Å²) in [6.07, 6.45) is 2.61. The van der Waals surface area contributed by atoms with Crippen molar-refractivity contribution in [1.82, 2.24) is 4.98 Å². The monoisotopic (exact) mass is 276 g/mol. The fraction of sp³-hybridized carbons (Fsp3) is 0.286. The van der Waals surface area contributed by atoms with Crippen molar-refractivity contribution >= 4 is 23.0 Å². The van der Waals surface area contributed by atoms with Gasteiger partial charge in [0, 0.05) is 17.3 Å². The second kappa shape index (κ2) is 5.84. The van der Waals surface area contributed by atoms with Crippen LogP contribution >= 0.6 is 11.3 Å². The topological polar surface area (TPSA) is 62.2 Å². The molecule has 0 amide bonds. The highest BCUT2D eigenvalue weighted by molar-refractivity contribution is 7.09. The van der Waals surface area contributed by atoms with Gasteiger partial charge < -0.3 is 10.4 Å². The lowest BCUT2D eigenvalue weighted by atomic mass is 10.1. The maximum absolute atomic E-state index is 11.3. The van der Waals surface area contributed by atoms with Crippen molar-refractivity contribution in [3.8, 4) is 0 Å². The number of nitrogens with zero attached hydrogens (tertiary/aromatic N) is 1. The highest BCUT2D eigenvalue weighted by Crippen LogP contribution is 2.26. The number of aryl methyl sites for hydroxylation is 1. The van der Waals surface area contributed by atoms with Crippen LogP contribution in [0.25, 0.3) is 0 Å². The molecule has 1 heterocycles. The molecule has 100 valence electrons. The highest BCUT2D eigenvalue weighted by atomic mass is 32.1. The van der Waals surface area contributed by atoms with Crippen LogP contribution in [0.15, 0.2) is 29.8 Å². The molecule has 1 aromatic heterocycles. The molecule has 4 nitrogen and oxygen atoms in total. The number of anilines is 1. The second-order valence-corrected chi connectivity index (χ2v) is 5.26. The summed E-state index contributed by atoms with van der Waals surface area (Å²) in [5, 5.41) is 15.4. The molecule has 1 unspecified atom stereocenters. The standard InChI is InChI=1S/C14H16N2O2S/c1-3-11(13-15-6-7-19-13)16-12-5-4-9(2)8-10(12)14(17)18/h4-8,11,16H,3H2,1-2H3,(H,17,18). The molecule has 0 aliphatic heterocycles. The first kappa shape index (κ1) is 13.5. The van der Waals surface area contributed by atoms with Gasteiger partial charge in [0.15, 0.2) is 0 Å². The third kappa shape index (κ3) is 3.12. The average Bonchev–Trinajstić information content (AvgIpc) is 2.90. The van der Waals surface area contributed by atoms with Crippen LogP contribution in [-0.4, -0.2) is 16.1 Å². The van der Waals surface area contributed by atoms with Gasteiger partial charge in [-0.3, -0.25) is 0 Å². The largest absolute Gasteiger partial charge is 0.478 e. The zero-order chi connectivity index (χ0) is 13.8. The van der Waals surface area contributed by atoms with Crippen LogP contribution < -0.4 is 5.32 Å². The Labute approximate surface area is 116 Å². The third-order valence-electron chi connectivity index (χ3n) is 2.89. The molecule has 2 aromatic rings. The van der Waals surface area contributed by atoms with Crippen molar-refractivity contribution in [2.45, 2.75) is 26.3 Å². The molecule has 2 N–H and O–H groups in total. The molecule has 0 saturated heterocycles. The van der Waals surface area contributed by atoms with Gasteiger partial charge in [-0.15, -0.1) is 11.3 Å². The first-order valence-electron chi connectivity index (χ1n) is 6.11. The average molecular weight is 276 g/mol. The van der Waals surface area contributed by atoms with E-state index in [0.717, 1.165) is 17.0 Å². The van der Waals surface area contributed by atoms with Gasteiger partial charge in [-0.1, -0.05) is 18.6 Å². The zero-order valence-corrected chi connectivity index (χ0v) is 11.7. The van der Waals surface area contributed by atoms with Gasteiger partial charge in [-0.05, 0) is 25.5 Å². The molecule has 1 aromatic carbocycles. The van der Waals surface area contributed by atoms with Gasteiger partial charge in [0.1, 0.15) is 5.01 Å². The summed E-state index contributed by atoms with van der Waals surface area (Å²) in [7, 11) is 0. The first-order valence-corrected chi connectivity index (χ1v) is 6.99. The van der Waals surface area contributed by atoms with E-state index in [2.05, 4.69) is 10.3 Å². The van der Waals surface area contributed by atoms with Crippen molar-refractivity contribution in [2.75, 3.05) is 5.32 Å². The summed E-state index contributed by atoms with van der Waals surface area (Å²) in [6.45, 7) is 3.93. The van der Waals surface area contributed by atoms with E-state index >= 15 is 0 Å². The summed E-state index contributed by atoms with van der Waals surface area (Å²) >= 11 is 1.57. The number of rotatable bonds is 5. The van der Waals surface area contributed by atoms with Crippen molar-refractivity contribution in [2.24, 2.45) is 0 Å². The quantitative estimate of drug-likeness (QED) is 0.873. The fourth-order valence-electron chi connectivity index (χ4n) is 1.89. The Morgan fingerprint density at radius 1 is 1.53 bits per heavy atom. The van der Waals surface area contributed by atoms with E-state index in [0.29, 0.717) is 11.3 Å². The van der Waals surface area contributed by atoms with Crippen LogP contribution in [0.4, 0.5) is 5.69 Å². The second-order valence-electron chi connectivity index (χ2n) is 4.33. The summed E-state index contributed by atoms with van der Waals surface area (Å²) in [5.74, 6) is -0.916. The summed E-state index contributed by atoms with van der Waals surface area (Å²) in [4.78, 5) is 15.6. The maximum Gasteiger partial charge on any atom is 0.337 e. The molecule has 0 radical (unpaired) electrons. The number of nitrogens with one attached hydrogen (secondary N) is 1. The minimum absolute atomic E-state index is 0.0424. The maximum atomic E-state index is 11.3. The molecule has 0 aliphatic carbocycles. The van der Waals surface area contributed by atoms with Gasteiger partial charge in [-0.25, -0.2) is 9.78 Å². The molecule has 0 saturated carbocycles. The van der Waals surface area contributed by atoms with Crippen molar-refractivity contribution < 1.29 is 9.90 Å². The van der Waals surface area contributed by atoms with Gasteiger partial charge in [-0.2, -0.15) is 0 Å². The summed E-state index contributed by atoms with van der Waals surface area (Å²) < 4.78 is 0. The van der Waals surface area contributed by atoms with E-state index < -0.39 is 5.97 Å². The van der Waals surface area contributed by atoms with Crippen molar-refractivity contribution in [3.05, 3.63) is 45.9 Å². The lowest BCUT2D eigenvalue weighted by Crippen LogP contribution is -2.12. The zero-order valence-electron chi connectivity index (χ0n) is 10.9. The number of benzene rings is 1. The smallest absolute Gasteiger partial charge is 0.337 e. The van der Waals surface area contributed by atoms with E-state index in [1.165, 1.54) is 0 Å². The van der Waals surface area contributed by atoms with Gasteiger partial charge in [0.2, 0.25) is 0 Å². The van der Waals surface area contributed by atoms with Gasteiger partial charge >= 0.3 is 5.97 Å². The van der Waals surface area contributed by atoms with Gasteiger partial charge in [0.25, 0.3) is 0 Å². The Morgan fingerprint density at radius 2 is 2.32 bits per heavy atom. The highest BCUT2D eigenvalue weighted by Gasteiger charge is 2.16. The van der Waals surface area contributed by atoms with Crippen LogP contribution in [-0.2, 0) is 0 Å². The Hall–Kier alpha value is -1.88. The predicted octanol–water partition coefficient (Wildman–Crippen LogP) is 3.71. The molecule has 1 atom stereocenters. The predicted molar refractivity (Wildman–Crippen MR) is 76.9 cm³/mol. The number of thiazole rings is 1. The molecule has 19 heavy (non-hydrogen) atoms. The number of aromatic nitrogens is 1. The molecule has 0 aliphatic rings. The number of carbonyl (C=O) groups is 1. The van der Waals surface area contributed by atoms with Crippen LogP contribution in [0.3, 0.4) is 0 Å². The molecule has 5 heteroatoms. The number of hydrogen-bond donors (Lipinski definition) is 2. The minimum Gasteiger partial charge on any atom is -0.478 e. The molecule has 0 fully saturated rings. The Bertz CT molecular complexity index is 567.